The molecule has 1 saturated heterocycles. The summed E-state index contributed by atoms with van der Waals surface area (Å²) in [5.41, 5.74) is 2.70. The highest BCUT2D eigenvalue weighted by molar-refractivity contribution is 8.18. The van der Waals surface area contributed by atoms with Gasteiger partial charge in [-0.3, -0.25) is 9.69 Å². The number of halogens is 2. The summed E-state index contributed by atoms with van der Waals surface area (Å²) in [6, 6.07) is 16.7. The van der Waals surface area contributed by atoms with Crippen LogP contribution in [0.25, 0.3) is 6.08 Å². The molecule has 0 aliphatic carbocycles. The first kappa shape index (κ1) is 21.4. The van der Waals surface area contributed by atoms with Crippen LogP contribution in [0.5, 0.6) is 0 Å². The van der Waals surface area contributed by atoms with Crippen LogP contribution in [0.2, 0.25) is 10.0 Å². The number of thioether (sulfide) groups is 1. The molecule has 0 radical (unpaired) electrons. The Morgan fingerprint density at radius 1 is 1.06 bits per heavy atom. The van der Waals surface area contributed by atoms with E-state index in [1.165, 1.54) is 18.0 Å². The van der Waals surface area contributed by atoms with Gasteiger partial charge in [-0.15, -0.1) is 5.10 Å². The van der Waals surface area contributed by atoms with Gasteiger partial charge >= 0.3 is 0 Å². The second kappa shape index (κ2) is 9.56. The normalized spacial score (nSPS) is 16.9. The fourth-order valence-electron chi connectivity index (χ4n) is 2.93. The van der Waals surface area contributed by atoms with Gasteiger partial charge in [-0.05, 0) is 54.1 Å². The number of aryl methyl sites for hydroxylation is 1. The molecule has 1 aliphatic rings. The van der Waals surface area contributed by atoms with Crippen molar-refractivity contribution < 1.29 is 9.21 Å². The number of hydrogen-bond donors (Lipinski definition) is 0. The summed E-state index contributed by atoms with van der Waals surface area (Å²) in [4.78, 5) is 15.2. The second-order valence-electron chi connectivity index (χ2n) is 6.71. The number of carbonyl (C=O) groups excluding carboxylic acids is 1. The standard InChI is InChI=1S/C23H17Cl2N3O2S/c1-15-6-2-3-7-16(15)12-20-22(29)28(14-18-9-5-11-30-18)23(31-20)27-26-13-17-8-4-10-19(24)21(17)25/h2-13H,14H2,1H3/b20-12-,26-13-,27-23+. The number of nitrogens with zero attached hydrogens (tertiary/aromatic N) is 3. The van der Waals surface area contributed by atoms with Gasteiger partial charge in [0.05, 0.1) is 34.0 Å². The highest BCUT2D eigenvalue weighted by Crippen LogP contribution is 2.34. The van der Waals surface area contributed by atoms with E-state index in [1.54, 1.807) is 35.4 Å². The molecule has 0 unspecified atom stereocenters. The molecule has 4 rings (SSSR count). The molecule has 0 bridgehead atoms. The summed E-state index contributed by atoms with van der Waals surface area (Å²) < 4.78 is 5.42. The Morgan fingerprint density at radius 3 is 2.65 bits per heavy atom. The molecule has 1 aromatic heterocycles. The fraction of sp³-hybridized carbons (Fsp3) is 0.0870. The topological polar surface area (TPSA) is 58.2 Å². The molecule has 0 saturated carbocycles. The molecule has 3 aromatic rings. The molecule has 0 spiro atoms. The maximum atomic E-state index is 13.1. The molecular weight excluding hydrogens is 453 g/mol. The summed E-state index contributed by atoms with van der Waals surface area (Å²) in [5, 5.41) is 9.72. The maximum absolute atomic E-state index is 13.1. The van der Waals surface area contributed by atoms with Crippen LogP contribution in [0.4, 0.5) is 0 Å². The molecule has 1 fully saturated rings. The van der Waals surface area contributed by atoms with E-state index in [9.17, 15) is 4.79 Å². The van der Waals surface area contributed by atoms with Crippen LogP contribution < -0.4 is 0 Å². The smallest absolute Gasteiger partial charge is 0.267 e. The Morgan fingerprint density at radius 2 is 1.87 bits per heavy atom. The van der Waals surface area contributed by atoms with Gasteiger partial charge in [0.2, 0.25) is 0 Å². The van der Waals surface area contributed by atoms with Crippen LogP contribution in [-0.4, -0.2) is 22.2 Å². The van der Waals surface area contributed by atoms with E-state index in [2.05, 4.69) is 10.2 Å². The van der Waals surface area contributed by atoms with Crippen molar-refractivity contribution in [1.82, 2.24) is 4.90 Å². The number of carbonyl (C=O) groups is 1. The van der Waals surface area contributed by atoms with Crippen LogP contribution in [0.15, 0.2) is 80.4 Å². The molecule has 8 heteroatoms. The SMILES string of the molecule is Cc1ccccc1/C=C1\S/C(=N/N=C\c2cccc(Cl)c2Cl)N(Cc2ccco2)C1=O. The molecule has 2 aromatic carbocycles. The summed E-state index contributed by atoms with van der Waals surface area (Å²) >= 11 is 13.5. The molecule has 31 heavy (non-hydrogen) atoms. The molecule has 1 aliphatic heterocycles. The average molecular weight is 470 g/mol. The Labute approximate surface area is 194 Å². The minimum Gasteiger partial charge on any atom is -0.467 e. The Bertz CT molecular complexity index is 1200. The van der Waals surface area contributed by atoms with E-state index >= 15 is 0 Å². The van der Waals surface area contributed by atoms with Crippen molar-refractivity contribution in [2.75, 3.05) is 0 Å². The van der Waals surface area contributed by atoms with Gasteiger partial charge in [0, 0.05) is 5.56 Å². The Kier molecular flexibility index (Phi) is 6.61. The van der Waals surface area contributed by atoms with E-state index < -0.39 is 0 Å². The van der Waals surface area contributed by atoms with E-state index in [4.69, 9.17) is 27.6 Å². The van der Waals surface area contributed by atoms with Crippen LogP contribution in [-0.2, 0) is 11.3 Å². The zero-order valence-corrected chi connectivity index (χ0v) is 18.8. The van der Waals surface area contributed by atoms with Crippen LogP contribution >= 0.6 is 35.0 Å². The molecular formula is C23H17Cl2N3O2S. The van der Waals surface area contributed by atoms with Gasteiger partial charge in [-0.1, -0.05) is 59.6 Å². The van der Waals surface area contributed by atoms with Gasteiger partial charge < -0.3 is 4.42 Å². The maximum Gasteiger partial charge on any atom is 0.267 e. The number of rotatable bonds is 5. The molecule has 5 nitrogen and oxygen atoms in total. The minimum absolute atomic E-state index is 0.153. The number of benzene rings is 2. The van der Waals surface area contributed by atoms with Crippen molar-refractivity contribution in [1.29, 1.82) is 0 Å². The fourth-order valence-corrected chi connectivity index (χ4v) is 4.21. The first-order valence-corrected chi connectivity index (χ1v) is 10.9. The monoisotopic (exact) mass is 469 g/mol. The van der Waals surface area contributed by atoms with E-state index in [1.807, 2.05) is 43.3 Å². The van der Waals surface area contributed by atoms with Gasteiger partial charge in [0.15, 0.2) is 5.17 Å². The Hall–Kier alpha value is -2.80. The molecule has 0 N–H and O–H groups in total. The molecule has 0 atom stereocenters. The summed E-state index contributed by atoms with van der Waals surface area (Å²) in [7, 11) is 0. The molecule has 1 amide bonds. The van der Waals surface area contributed by atoms with Gasteiger partial charge in [-0.2, -0.15) is 5.10 Å². The lowest BCUT2D eigenvalue weighted by Gasteiger charge is -2.12. The van der Waals surface area contributed by atoms with Crippen molar-refractivity contribution in [3.8, 4) is 0 Å². The van der Waals surface area contributed by atoms with E-state index in [0.717, 1.165) is 11.1 Å². The summed E-state index contributed by atoms with van der Waals surface area (Å²) in [5.74, 6) is 0.500. The van der Waals surface area contributed by atoms with Crippen molar-refractivity contribution >= 4 is 58.3 Å². The van der Waals surface area contributed by atoms with Crippen LogP contribution in [0.3, 0.4) is 0 Å². The van der Waals surface area contributed by atoms with Gasteiger partial charge in [0.25, 0.3) is 5.91 Å². The van der Waals surface area contributed by atoms with E-state index in [-0.39, 0.29) is 12.5 Å². The van der Waals surface area contributed by atoms with Gasteiger partial charge in [0.1, 0.15) is 5.76 Å². The van der Waals surface area contributed by atoms with Crippen molar-refractivity contribution in [3.63, 3.8) is 0 Å². The zero-order chi connectivity index (χ0) is 21.8. The number of amides is 1. The first-order valence-electron chi connectivity index (χ1n) is 9.37. The largest absolute Gasteiger partial charge is 0.467 e. The third-order valence-corrected chi connectivity index (χ3v) is 6.41. The quantitative estimate of drug-likeness (QED) is 0.246. The predicted octanol–water partition coefficient (Wildman–Crippen LogP) is 6.40. The number of hydrogen-bond acceptors (Lipinski definition) is 5. The average Bonchev–Trinajstić information content (AvgIpc) is 3.37. The Balaban J connectivity index is 1.65. The third-order valence-electron chi connectivity index (χ3n) is 4.58. The van der Waals surface area contributed by atoms with Crippen molar-refractivity contribution in [2.24, 2.45) is 10.2 Å². The number of amidine groups is 1. The van der Waals surface area contributed by atoms with E-state index in [0.29, 0.717) is 31.4 Å². The highest BCUT2D eigenvalue weighted by Gasteiger charge is 2.34. The van der Waals surface area contributed by atoms with Crippen LogP contribution in [0.1, 0.15) is 22.5 Å². The third kappa shape index (κ3) is 4.93. The van der Waals surface area contributed by atoms with Crippen molar-refractivity contribution in [2.45, 2.75) is 13.5 Å². The van der Waals surface area contributed by atoms with Crippen molar-refractivity contribution in [3.05, 3.63) is 98.3 Å². The predicted molar refractivity (Wildman–Crippen MR) is 127 cm³/mol. The highest BCUT2D eigenvalue weighted by atomic mass is 35.5. The van der Waals surface area contributed by atoms with Gasteiger partial charge in [-0.25, -0.2) is 0 Å². The summed E-state index contributed by atoms with van der Waals surface area (Å²) in [6.45, 7) is 2.27. The molecule has 2 heterocycles. The summed E-state index contributed by atoms with van der Waals surface area (Å²) in [6.07, 6.45) is 4.96. The molecule has 156 valence electrons. The lowest BCUT2D eigenvalue weighted by atomic mass is 10.1. The minimum atomic E-state index is -0.153. The lowest BCUT2D eigenvalue weighted by molar-refractivity contribution is -0.122. The second-order valence-corrected chi connectivity index (χ2v) is 8.50. The zero-order valence-electron chi connectivity index (χ0n) is 16.5. The number of furan rings is 1. The first-order chi connectivity index (χ1) is 15.0. The van der Waals surface area contributed by atoms with Crippen LogP contribution in [0, 0.1) is 6.92 Å². The lowest BCUT2D eigenvalue weighted by Crippen LogP contribution is -2.28.